The molecule has 1 fully saturated rings. The first kappa shape index (κ1) is 19.3. The van der Waals surface area contributed by atoms with E-state index in [1.165, 1.54) is 24.7 Å². The van der Waals surface area contributed by atoms with Gasteiger partial charge in [-0.15, -0.1) is 0 Å². The Bertz CT molecular complexity index is 898. The second kappa shape index (κ2) is 8.50. The summed E-state index contributed by atoms with van der Waals surface area (Å²) in [6.07, 6.45) is 5.23. The number of carbonyl (C=O) groups excluding carboxylic acids is 1. The summed E-state index contributed by atoms with van der Waals surface area (Å²) in [5.41, 5.74) is 2.13. The topological polar surface area (TPSA) is 66.5 Å². The molecular formula is C21H24N2O3S. The van der Waals surface area contributed by atoms with Gasteiger partial charge in [0.2, 0.25) is 15.9 Å². The monoisotopic (exact) mass is 384 g/mol. The third-order valence-electron chi connectivity index (χ3n) is 4.96. The lowest BCUT2D eigenvalue weighted by atomic mass is 9.89. The first-order valence-electron chi connectivity index (χ1n) is 9.05. The van der Waals surface area contributed by atoms with Crippen molar-refractivity contribution in [2.24, 2.45) is 0 Å². The van der Waals surface area contributed by atoms with Gasteiger partial charge in [0.05, 0.1) is 4.90 Å². The molecule has 3 rings (SSSR count). The summed E-state index contributed by atoms with van der Waals surface area (Å²) >= 11 is 0. The van der Waals surface area contributed by atoms with Gasteiger partial charge >= 0.3 is 0 Å². The molecule has 1 aliphatic rings. The highest BCUT2D eigenvalue weighted by Crippen LogP contribution is 2.27. The van der Waals surface area contributed by atoms with E-state index < -0.39 is 10.0 Å². The number of nitrogens with one attached hydrogen (secondary N) is 1. The summed E-state index contributed by atoms with van der Waals surface area (Å²) in [6.45, 7) is 1.50. The van der Waals surface area contributed by atoms with Crippen molar-refractivity contribution >= 4 is 22.0 Å². The SMILES string of the molecule is CNS(=O)(=O)c1ccc(/C=C/C(=O)N2CCC(c3ccccc3)CC2)cc1. The molecular weight excluding hydrogens is 360 g/mol. The lowest BCUT2D eigenvalue weighted by Crippen LogP contribution is -2.36. The molecule has 6 heteroatoms. The maximum absolute atomic E-state index is 12.4. The number of hydrogen-bond acceptors (Lipinski definition) is 3. The molecule has 0 saturated carbocycles. The van der Waals surface area contributed by atoms with Crippen molar-refractivity contribution in [3.05, 3.63) is 71.8 Å². The molecule has 0 aromatic heterocycles. The number of nitrogens with zero attached hydrogens (tertiary/aromatic N) is 1. The van der Waals surface area contributed by atoms with Crippen LogP contribution in [0, 0.1) is 0 Å². The zero-order chi connectivity index (χ0) is 19.3. The van der Waals surface area contributed by atoms with Crippen molar-refractivity contribution < 1.29 is 13.2 Å². The van der Waals surface area contributed by atoms with E-state index >= 15 is 0 Å². The molecule has 0 spiro atoms. The van der Waals surface area contributed by atoms with Gasteiger partial charge in [0, 0.05) is 19.2 Å². The van der Waals surface area contributed by atoms with Crippen molar-refractivity contribution in [3.8, 4) is 0 Å². The number of amides is 1. The van der Waals surface area contributed by atoms with Crippen molar-refractivity contribution in [1.29, 1.82) is 0 Å². The highest BCUT2D eigenvalue weighted by Gasteiger charge is 2.22. The first-order valence-corrected chi connectivity index (χ1v) is 10.5. The Morgan fingerprint density at radius 1 is 1.04 bits per heavy atom. The van der Waals surface area contributed by atoms with Crippen molar-refractivity contribution in [2.45, 2.75) is 23.7 Å². The fourth-order valence-electron chi connectivity index (χ4n) is 3.31. The van der Waals surface area contributed by atoms with Gasteiger partial charge in [-0.05, 0) is 55.1 Å². The summed E-state index contributed by atoms with van der Waals surface area (Å²) in [4.78, 5) is 14.5. The van der Waals surface area contributed by atoms with Crippen LogP contribution in [0.4, 0.5) is 0 Å². The summed E-state index contributed by atoms with van der Waals surface area (Å²) in [7, 11) is -2.06. The molecule has 0 unspecified atom stereocenters. The van der Waals surface area contributed by atoms with Crippen LogP contribution in [0.25, 0.3) is 6.08 Å². The maximum Gasteiger partial charge on any atom is 0.246 e. The average Bonchev–Trinajstić information content (AvgIpc) is 2.73. The van der Waals surface area contributed by atoms with Gasteiger partial charge < -0.3 is 4.90 Å². The van der Waals surface area contributed by atoms with Crippen LogP contribution in [0.3, 0.4) is 0 Å². The number of hydrogen-bond donors (Lipinski definition) is 1. The lowest BCUT2D eigenvalue weighted by Gasteiger charge is -2.31. The van der Waals surface area contributed by atoms with Gasteiger partial charge in [0.1, 0.15) is 0 Å². The predicted octanol–water partition coefficient (Wildman–Crippen LogP) is 3.01. The highest BCUT2D eigenvalue weighted by atomic mass is 32.2. The largest absolute Gasteiger partial charge is 0.339 e. The number of sulfonamides is 1. The molecule has 27 heavy (non-hydrogen) atoms. The van der Waals surface area contributed by atoms with E-state index in [-0.39, 0.29) is 10.8 Å². The van der Waals surface area contributed by atoms with E-state index in [9.17, 15) is 13.2 Å². The standard InChI is InChI=1S/C21H24N2O3S/c1-22-27(25,26)20-10-7-17(8-11-20)9-12-21(24)23-15-13-19(14-16-23)18-5-3-2-4-6-18/h2-12,19,22H,13-16H2,1H3/b12-9+. The Morgan fingerprint density at radius 2 is 1.67 bits per heavy atom. The van der Waals surface area contributed by atoms with Gasteiger partial charge in [-0.1, -0.05) is 42.5 Å². The Hall–Kier alpha value is -2.44. The average molecular weight is 385 g/mol. The highest BCUT2D eigenvalue weighted by molar-refractivity contribution is 7.89. The molecule has 1 aliphatic heterocycles. The molecule has 0 bridgehead atoms. The first-order chi connectivity index (χ1) is 13.0. The Balaban J connectivity index is 1.56. The van der Waals surface area contributed by atoms with Gasteiger partial charge in [-0.3, -0.25) is 4.79 Å². The second-order valence-electron chi connectivity index (χ2n) is 6.62. The summed E-state index contributed by atoms with van der Waals surface area (Å²) < 4.78 is 25.7. The Morgan fingerprint density at radius 3 is 2.26 bits per heavy atom. The molecule has 5 nitrogen and oxygen atoms in total. The van der Waals surface area contributed by atoms with Gasteiger partial charge in [-0.25, -0.2) is 13.1 Å². The molecule has 0 aliphatic carbocycles. The second-order valence-corrected chi connectivity index (χ2v) is 8.51. The van der Waals surface area contributed by atoms with Crippen LogP contribution >= 0.6 is 0 Å². The van der Waals surface area contributed by atoms with Crippen LogP contribution < -0.4 is 4.72 Å². The normalized spacial score (nSPS) is 16.0. The molecule has 1 amide bonds. The fraction of sp³-hybridized carbons (Fsp3) is 0.286. The maximum atomic E-state index is 12.4. The molecule has 0 radical (unpaired) electrons. The van der Waals surface area contributed by atoms with E-state index in [4.69, 9.17) is 0 Å². The summed E-state index contributed by atoms with van der Waals surface area (Å²) in [5, 5.41) is 0. The molecule has 2 aromatic rings. The molecule has 2 aromatic carbocycles. The van der Waals surface area contributed by atoms with Crippen molar-refractivity contribution in [2.75, 3.05) is 20.1 Å². The minimum atomic E-state index is -3.44. The Kier molecular flexibility index (Phi) is 6.08. The predicted molar refractivity (Wildman–Crippen MR) is 107 cm³/mol. The van der Waals surface area contributed by atoms with Crippen LogP contribution in [0.15, 0.2) is 65.6 Å². The van der Waals surface area contributed by atoms with E-state index in [0.717, 1.165) is 31.5 Å². The van der Waals surface area contributed by atoms with E-state index in [2.05, 4.69) is 29.0 Å². The third kappa shape index (κ3) is 4.84. The molecule has 1 heterocycles. The smallest absolute Gasteiger partial charge is 0.246 e. The molecule has 1 N–H and O–H groups in total. The van der Waals surface area contributed by atoms with Crippen LogP contribution in [-0.4, -0.2) is 39.4 Å². The number of piperidine rings is 1. The summed E-state index contributed by atoms with van der Waals surface area (Å²) in [6, 6.07) is 16.9. The third-order valence-corrected chi connectivity index (χ3v) is 6.39. The van der Waals surface area contributed by atoms with Gasteiger partial charge in [-0.2, -0.15) is 0 Å². The van der Waals surface area contributed by atoms with Crippen LogP contribution in [0.2, 0.25) is 0 Å². The van der Waals surface area contributed by atoms with Crippen molar-refractivity contribution in [3.63, 3.8) is 0 Å². The van der Waals surface area contributed by atoms with Crippen LogP contribution in [0.5, 0.6) is 0 Å². The van der Waals surface area contributed by atoms with E-state index in [1.807, 2.05) is 11.0 Å². The van der Waals surface area contributed by atoms with E-state index in [1.54, 1.807) is 24.3 Å². The van der Waals surface area contributed by atoms with Crippen LogP contribution in [0.1, 0.15) is 29.9 Å². The van der Waals surface area contributed by atoms with Crippen LogP contribution in [-0.2, 0) is 14.8 Å². The minimum absolute atomic E-state index is 0.00608. The van der Waals surface area contributed by atoms with Gasteiger partial charge in [0.15, 0.2) is 0 Å². The summed E-state index contributed by atoms with van der Waals surface area (Å²) in [5.74, 6) is 0.509. The molecule has 1 saturated heterocycles. The fourth-order valence-corrected chi connectivity index (χ4v) is 4.04. The van der Waals surface area contributed by atoms with Crippen molar-refractivity contribution in [1.82, 2.24) is 9.62 Å². The van der Waals surface area contributed by atoms with Gasteiger partial charge in [0.25, 0.3) is 0 Å². The number of benzene rings is 2. The minimum Gasteiger partial charge on any atom is -0.339 e. The lowest BCUT2D eigenvalue weighted by molar-refractivity contribution is -0.126. The zero-order valence-corrected chi connectivity index (χ0v) is 16.2. The Labute approximate surface area is 160 Å². The quantitative estimate of drug-likeness (QED) is 0.806. The zero-order valence-electron chi connectivity index (χ0n) is 15.3. The van der Waals surface area contributed by atoms with E-state index in [0.29, 0.717) is 5.92 Å². The molecule has 142 valence electrons. The molecule has 0 atom stereocenters. The number of carbonyl (C=O) groups is 1. The number of likely N-dealkylation sites (tertiary alicyclic amines) is 1. The number of rotatable bonds is 5.